The lowest BCUT2D eigenvalue weighted by Crippen LogP contribution is -2.48. The molecule has 5 heteroatoms. The second-order valence-corrected chi connectivity index (χ2v) is 3.74. The van der Waals surface area contributed by atoms with Gasteiger partial charge in [-0.1, -0.05) is 18.2 Å². The fourth-order valence-corrected chi connectivity index (χ4v) is 1.68. The van der Waals surface area contributed by atoms with Crippen LogP contribution >= 0.6 is 0 Å². The minimum absolute atomic E-state index is 0.0186. The second kappa shape index (κ2) is 3.41. The lowest BCUT2D eigenvalue weighted by atomic mass is 9.87. The first kappa shape index (κ1) is 10.8. The van der Waals surface area contributed by atoms with Crippen LogP contribution in [0.2, 0.25) is 0 Å². The Balaban J connectivity index is 2.61. The van der Waals surface area contributed by atoms with Crippen LogP contribution in [0.25, 0.3) is 6.08 Å². The first-order chi connectivity index (χ1) is 7.43. The summed E-state index contributed by atoms with van der Waals surface area (Å²) in [6.45, 7) is 0. The quantitative estimate of drug-likeness (QED) is 0.495. The van der Waals surface area contributed by atoms with Crippen molar-refractivity contribution in [2.75, 3.05) is 0 Å². The Morgan fingerprint density at radius 3 is 2.75 bits per heavy atom. The Labute approximate surface area is 91.4 Å². The van der Waals surface area contributed by atoms with Gasteiger partial charge < -0.3 is 15.3 Å². The summed E-state index contributed by atoms with van der Waals surface area (Å²) in [6.07, 6.45) is 1.71. The van der Waals surface area contributed by atoms with E-state index in [1.54, 1.807) is 12.1 Å². The maximum absolute atomic E-state index is 10.8. The van der Waals surface area contributed by atoms with E-state index < -0.39 is 17.8 Å². The number of aliphatic hydroxyl groups is 2. The summed E-state index contributed by atoms with van der Waals surface area (Å²) >= 11 is 0. The van der Waals surface area contributed by atoms with Crippen LogP contribution in [0.3, 0.4) is 0 Å². The fraction of sp³-hybridized carbons (Fsp3) is 0.182. The summed E-state index contributed by atoms with van der Waals surface area (Å²) in [5, 5.41) is 28.2. The van der Waals surface area contributed by atoms with Crippen LogP contribution in [-0.4, -0.2) is 27.4 Å². The summed E-state index contributed by atoms with van der Waals surface area (Å²) in [4.78, 5) is 10.8. The van der Waals surface area contributed by atoms with Crippen LogP contribution in [-0.2, 0) is 5.72 Å². The zero-order valence-corrected chi connectivity index (χ0v) is 8.29. The van der Waals surface area contributed by atoms with Crippen molar-refractivity contribution in [1.29, 1.82) is 0 Å². The van der Waals surface area contributed by atoms with Gasteiger partial charge in [-0.2, -0.15) is 0 Å². The zero-order chi connectivity index (χ0) is 11.9. The van der Waals surface area contributed by atoms with Crippen molar-refractivity contribution in [1.82, 2.24) is 0 Å². The molecule has 2 rings (SSSR count). The highest BCUT2D eigenvalue weighted by molar-refractivity contribution is 5.88. The molecule has 84 valence electrons. The van der Waals surface area contributed by atoms with Crippen molar-refractivity contribution in [2.45, 2.75) is 11.8 Å². The third-order valence-electron chi connectivity index (χ3n) is 2.64. The highest BCUT2D eigenvalue weighted by Crippen LogP contribution is 2.30. The van der Waals surface area contributed by atoms with Crippen molar-refractivity contribution in [2.24, 2.45) is 5.73 Å². The third-order valence-corrected chi connectivity index (χ3v) is 2.64. The number of benzene rings is 1. The van der Waals surface area contributed by atoms with E-state index in [1.165, 1.54) is 18.2 Å². The van der Waals surface area contributed by atoms with Crippen LogP contribution < -0.4 is 5.73 Å². The van der Waals surface area contributed by atoms with Gasteiger partial charge in [-0.15, -0.1) is 0 Å². The third kappa shape index (κ3) is 1.51. The van der Waals surface area contributed by atoms with Crippen molar-refractivity contribution in [3.05, 3.63) is 41.0 Å². The molecule has 5 nitrogen and oxygen atoms in total. The monoisotopic (exact) mass is 221 g/mol. The number of nitrogens with two attached hydrogens (primary N) is 1. The van der Waals surface area contributed by atoms with Gasteiger partial charge in [0.25, 0.3) is 0 Å². The van der Waals surface area contributed by atoms with Crippen LogP contribution in [0.15, 0.2) is 24.3 Å². The van der Waals surface area contributed by atoms with Crippen LogP contribution in [0.5, 0.6) is 0 Å². The molecule has 2 atom stereocenters. The van der Waals surface area contributed by atoms with E-state index in [1.807, 2.05) is 0 Å². The van der Waals surface area contributed by atoms with E-state index in [4.69, 9.17) is 10.8 Å². The van der Waals surface area contributed by atoms with Crippen molar-refractivity contribution in [3.63, 3.8) is 0 Å². The average molecular weight is 221 g/mol. The Bertz CT molecular complexity index is 479. The van der Waals surface area contributed by atoms with Crippen LogP contribution in [0.1, 0.15) is 21.5 Å². The maximum atomic E-state index is 10.8. The molecule has 16 heavy (non-hydrogen) atoms. The number of carboxylic acid groups (broad SMARTS) is 1. The minimum Gasteiger partial charge on any atom is -0.478 e. The molecule has 0 saturated carbocycles. The largest absolute Gasteiger partial charge is 0.478 e. The van der Waals surface area contributed by atoms with Crippen molar-refractivity contribution in [3.8, 4) is 0 Å². The first-order valence-corrected chi connectivity index (χ1v) is 4.68. The van der Waals surface area contributed by atoms with E-state index in [-0.39, 0.29) is 11.1 Å². The summed E-state index contributed by atoms with van der Waals surface area (Å²) in [7, 11) is 0. The number of rotatable bonds is 1. The molecule has 2 unspecified atom stereocenters. The molecule has 1 aliphatic rings. The molecule has 0 radical (unpaired) electrons. The van der Waals surface area contributed by atoms with Gasteiger partial charge in [0.05, 0.1) is 5.56 Å². The summed E-state index contributed by atoms with van der Waals surface area (Å²) < 4.78 is 0. The van der Waals surface area contributed by atoms with Gasteiger partial charge in [0.2, 0.25) is 0 Å². The zero-order valence-electron chi connectivity index (χ0n) is 8.29. The Morgan fingerprint density at radius 2 is 2.12 bits per heavy atom. The van der Waals surface area contributed by atoms with Crippen LogP contribution in [0.4, 0.5) is 0 Å². The summed E-state index contributed by atoms with van der Waals surface area (Å²) in [5.41, 5.74) is 4.44. The van der Waals surface area contributed by atoms with Gasteiger partial charge in [-0.05, 0) is 17.7 Å². The van der Waals surface area contributed by atoms with Crippen molar-refractivity contribution >= 4 is 12.0 Å². The SMILES string of the molecule is NC1(O)c2cc(C(=O)O)ccc2C=CC1O. The normalized spacial score (nSPS) is 27.6. The number of fused-ring (bicyclic) bond motifs is 1. The van der Waals surface area contributed by atoms with Gasteiger partial charge in [0, 0.05) is 5.56 Å². The summed E-state index contributed by atoms with van der Waals surface area (Å²) in [6, 6.07) is 4.22. The Morgan fingerprint density at radius 1 is 1.44 bits per heavy atom. The predicted octanol–water partition coefficient (Wildman–Crippen LogP) is -0.124. The number of carboxylic acids is 1. The van der Waals surface area contributed by atoms with E-state index in [0.29, 0.717) is 5.56 Å². The number of aliphatic hydroxyl groups excluding tert-OH is 1. The number of hydrogen-bond acceptors (Lipinski definition) is 4. The molecule has 1 aromatic carbocycles. The van der Waals surface area contributed by atoms with Crippen LogP contribution in [0, 0.1) is 0 Å². The number of carbonyl (C=O) groups is 1. The standard InChI is InChI=1S/C11H11NO4/c12-11(16)8-5-7(10(14)15)2-1-6(8)3-4-9(11)13/h1-5,9,13,16H,12H2,(H,14,15). The molecule has 5 N–H and O–H groups in total. The molecular weight excluding hydrogens is 210 g/mol. The lowest BCUT2D eigenvalue weighted by molar-refractivity contribution is -0.0540. The highest BCUT2D eigenvalue weighted by atomic mass is 16.4. The second-order valence-electron chi connectivity index (χ2n) is 3.74. The molecular formula is C11H11NO4. The van der Waals surface area contributed by atoms with Gasteiger partial charge in [-0.3, -0.25) is 5.73 Å². The molecule has 0 spiro atoms. The fourth-order valence-electron chi connectivity index (χ4n) is 1.68. The van der Waals surface area contributed by atoms with E-state index in [9.17, 15) is 15.0 Å². The topological polar surface area (TPSA) is 104 Å². The molecule has 0 saturated heterocycles. The maximum Gasteiger partial charge on any atom is 0.335 e. The molecule has 1 aromatic rings. The molecule has 0 amide bonds. The first-order valence-electron chi connectivity index (χ1n) is 4.68. The van der Waals surface area contributed by atoms with E-state index >= 15 is 0 Å². The smallest absolute Gasteiger partial charge is 0.335 e. The Kier molecular flexibility index (Phi) is 2.31. The minimum atomic E-state index is -1.95. The predicted molar refractivity (Wildman–Crippen MR) is 56.5 cm³/mol. The lowest BCUT2D eigenvalue weighted by Gasteiger charge is -2.32. The number of aromatic carboxylic acids is 1. The number of hydrogen-bond donors (Lipinski definition) is 4. The van der Waals surface area contributed by atoms with E-state index in [0.717, 1.165) is 0 Å². The average Bonchev–Trinajstić information content (AvgIpc) is 2.23. The Hall–Kier alpha value is -1.69. The van der Waals surface area contributed by atoms with Gasteiger partial charge in [0.1, 0.15) is 6.10 Å². The highest BCUT2D eigenvalue weighted by Gasteiger charge is 2.36. The molecule has 1 aliphatic carbocycles. The van der Waals surface area contributed by atoms with Gasteiger partial charge in [0.15, 0.2) is 5.72 Å². The summed E-state index contributed by atoms with van der Waals surface area (Å²) in [5.74, 6) is -1.11. The molecule has 0 bridgehead atoms. The molecule has 0 heterocycles. The van der Waals surface area contributed by atoms with Gasteiger partial charge in [-0.25, -0.2) is 4.79 Å². The molecule has 0 aromatic heterocycles. The van der Waals surface area contributed by atoms with Crippen molar-refractivity contribution < 1.29 is 20.1 Å². The molecule has 0 aliphatic heterocycles. The van der Waals surface area contributed by atoms with E-state index in [2.05, 4.69) is 0 Å². The van der Waals surface area contributed by atoms with Gasteiger partial charge >= 0.3 is 5.97 Å². The molecule has 0 fully saturated rings.